The molecule has 0 aliphatic rings. The molecule has 2 heteroatoms. The van der Waals surface area contributed by atoms with Crippen LogP contribution < -0.4 is 5.73 Å². The third kappa shape index (κ3) is 6.70. The van der Waals surface area contributed by atoms with Crippen LogP contribution in [-0.2, 0) is 0 Å². The topological polar surface area (TPSA) is 26.0 Å². The lowest BCUT2D eigenvalue weighted by atomic mass is 10.0. The maximum atomic E-state index is 5.42. The number of rotatable bonds is 7. The number of unbranched alkanes of at least 4 members (excludes halogenated alkanes) is 1. The first-order chi connectivity index (χ1) is 5.35. The fraction of sp³-hybridized carbons (Fsp3) is 1.00. The van der Waals surface area contributed by atoms with E-state index in [-0.39, 0.29) is 0 Å². The molecule has 0 saturated heterocycles. The van der Waals surface area contributed by atoms with Crippen LogP contribution in [0.5, 0.6) is 0 Å². The zero-order valence-corrected chi connectivity index (χ0v) is 8.62. The summed E-state index contributed by atoms with van der Waals surface area (Å²) in [6, 6.07) is 0. The van der Waals surface area contributed by atoms with E-state index in [1.54, 1.807) is 0 Å². The summed E-state index contributed by atoms with van der Waals surface area (Å²) in [5.74, 6) is 2.25. The normalized spacial score (nSPS) is 13.4. The average Bonchev–Trinajstić information content (AvgIpc) is 2.03. The molecule has 0 fully saturated rings. The molecule has 0 rings (SSSR count). The van der Waals surface area contributed by atoms with E-state index in [4.69, 9.17) is 5.73 Å². The Morgan fingerprint density at radius 2 is 2.09 bits per heavy atom. The van der Waals surface area contributed by atoms with Crippen LogP contribution >= 0.6 is 11.8 Å². The van der Waals surface area contributed by atoms with Gasteiger partial charge in [-0.2, -0.15) is 11.8 Å². The Morgan fingerprint density at radius 1 is 1.36 bits per heavy atom. The molecule has 0 spiro atoms. The molecule has 68 valence electrons. The van der Waals surface area contributed by atoms with Crippen molar-refractivity contribution in [2.45, 2.75) is 32.6 Å². The van der Waals surface area contributed by atoms with Gasteiger partial charge in [-0.25, -0.2) is 0 Å². The molecule has 11 heavy (non-hydrogen) atoms. The summed E-state index contributed by atoms with van der Waals surface area (Å²) in [6.45, 7) is 3.14. The molecule has 1 unspecified atom stereocenters. The van der Waals surface area contributed by atoms with Gasteiger partial charge in [0.25, 0.3) is 0 Å². The van der Waals surface area contributed by atoms with Gasteiger partial charge in [-0.05, 0) is 37.3 Å². The standard InChI is InChI=1S/C9H21NS/c1-3-9(8-11-2)6-4-5-7-10/h9H,3-8,10H2,1-2H3. The first-order valence-corrected chi connectivity index (χ1v) is 5.93. The number of hydrogen-bond donors (Lipinski definition) is 1. The fourth-order valence-electron chi connectivity index (χ4n) is 1.22. The van der Waals surface area contributed by atoms with Crippen molar-refractivity contribution >= 4 is 11.8 Å². The first kappa shape index (κ1) is 11.3. The molecule has 0 aliphatic heterocycles. The third-order valence-corrected chi connectivity index (χ3v) is 2.85. The molecule has 1 atom stereocenters. The van der Waals surface area contributed by atoms with Gasteiger partial charge in [0.2, 0.25) is 0 Å². The van der Waals surface area contributed by atoms with Crippen molar-refractivity contribution in [1.82, 2.24) is 0 Å². The third-order valence-electron chi connectivity index (χ3n) is 2.05. The smallest absolute Gasteiger partial charge is 0.00420 e. The minimum absolute atomic E-state index is 0.857. The van der Waals surface area contributed by atoms with Crippen LogP contribution in [0.3, 0.4) is 0 Å². The van der Waals surface area contributed by atoms with Crippen LogP contribution in [0.1, 0.15) is 32.6 Å². The Balaban J connectivity index is 3.20. The second kappa shape index (κ2) is 8.41. The highest BCUT2D eigenvalue weighted by molar-refractivity contribution is 7.98. The van der Waals surface area contributed by atoms with Crippen LogP contribution in [0.2, 0.25) is 0 Å². The molecular weight excluding hydrogens is 154 g/mol. The summed E-state index contributed by atoms with van der Waals surface area (Å²) in [6.07, 6.45) is 7.39. The first-order valence-electron chi connectivity index (χ1n) is 4.54. The van der Waals surface area contributed by atoms with E-state index in [2.05, 4.69) is 13.2 Å². The van der Waals surface area contributed by atoms with Crippen LogP contribution in [0.25, 0.3) is 0 Å². The Hall–Kier alpha value is 0.310. The average molecular weight is 175 g/mol. The van der Waals surface area contributed by atoms with Gasteiger partial charge in [0.15, 0.2) is 0 Å². The molecule has 0 aromatic carbocycles. The summed E-state index contributed by atoms with van der Waals surface area (Å²) < 4.78 is 0. The number of thioether (sulfide) groups is 1. The lowest BCUT2D eigenvalue weighted by Crippen LogP contribution is -2.04. The van der Waals surface area contributed by atoms with E-state index in [1.165, 1.54) is 31.4 Å². The van der Waals surface area contributed by atoms with Gasteiger partial charge in [0.05, 0.1) is 0 Å². The van der Waals surface area contributed by atoms with Crippen molar-refractivity contribution in [2.24, 2.45) is 11.7 Å². The summed E-state index contributed by atoms with van der Waals surface area (Å²) >= 11 is 1.96. The molecule has 0 aromatic heterocycles. The van der Waals surface area contributed by atoms with E-state index in [9.17, 15) is 0 Å². The summed E-state index contributed by atoms with van der Waals surface area (Å²) in [5.41, 5.74) is 5.42. The predicted octanol–water partition coefficient (Wildman–Crippen LogP) is 2.50. The summed E-state index contributed by atoms with van der Waals surface area (Å²) in [5, 5.41) is 0. The van der Waals surface area contributed by atoms with E-state index >= 15 is 0 Å². The number of nitrogens with two attached hydrogens (primary N) is 1. The zero-order valence-electron chi connectivity index (χ0n) is 7.81. The van der Waals surface area contributed by atoms with Crippen molar-refractivity contribution in [3.05, 3.63) is 0 Å². The second-order valence-corrected chi connectivity index (χ2v) is 3.92. The van der Waals surface area contributed by atoms with Gasteiger partial charge in [-0.1, -0.05) is 19.8 Å². The quantitative estimate of drug-likeness (QED) is 0.602. The number of hydrogen-bond acceptors (Lipinski definition) is 2. The summed E-state index contributed by atoms with van der Waals surface area (Å²) in [4.78, 5) is 0. The molecule has 0 saturated carbocycles. The molecular formula is C9H21NS. The minimum atomic E-state index is 0.857. The van der Waals surface area contributed by atoms with Crippen molar-refractivity contribution < 1.29 is 0 Å². The molecule has 0 radical (unpaired) electrons. The Morgan fingerprint density at radius 3 is 2.55 bits per heavy atom. The second-order valence-electron chi connectivity index (χ2n) is 3.01. The van der Waals surface area contributed by atoms with Gasteiger partial charge in [-0.3, -0.25) is 0 Å². The lowest BCUT2D eigenvalue weighted by Gasteiger charge is -2.11. The van der Waals surface area contributed by atoms with Crippen molar-refractivity contribution in [3.63, 3.8) is 0 Å². The minimum Gasteiger partial charge on any atom is -0.330 e. The van der Waals surface area contributed by atoms with Gasteiger partial charge < -0.3 is 5.73 Å². The van der Waals surface area contributed by atoms with E-state index in [0.29, 0.717) is 0 Å². The predicted molar refractivity (Wildman–Crippen MR) is 55.1 cm³/mol. The Labute approximate surface area is 75.1 Å². The van der Waals surface area contributed by atoms with E-state index in [1.807, 2.05) is 11.8 Å². The fourth-order valence-corrected chi connectivity index (χ4v) is 2.09. The van der Waals surface area contributed by atoms with Crippen molar-refractivity contribution in [3.8, 4) is 0 Å². The van der Waals surface area contributed by atoms with Crippen LogP contribution in [0.15, 0.2) is 0 Å². The zero-order chi connectivity index (χ0) is 8.53. The molecule has 0 bridgehead atoms. The van der Waals surface area contributed by atoms with Crippen molar-refractivity contribution in [1.29, 1.82) is 0 Å². The lowest BCUT2D eigenvalue weighted by molar-refractivity contribution is 0.494. The van der Waals surface area contributed by atoms with Crippen molar-refractivity contribution in [2.75, 3.05) is 18.6 Å². The Kier molecular flexibility index (Phi) is 8.64. The highest BCUT2D eigenvalue weighted by atomic mass is 32.2. The molecule has 1 nitrogen and oxygen atoms in total. The largest absolute Gasteiger partial charge is 0.330 e. The maximum Gasteiger partial charge on any atom is -0.00420 e. The SMILES string of the molecule is CCC(CCCCN)CSC. The van der Waals surface area contributed by atoms with Crippen LogP contribution in [0, 0.1) is 5.92 Å². The van der Waals surface area contributed by atoms with Gasteiger partial charge in [0, 0.05) is 0 Å². The monoisotopic (exact) mass is 175 g/mol. The van der Waals surface area contributed by atoms with Gasteiger partial charge >= 0.3 is 0 Å². The van der Waals surface area contributed by atoms with Gasteiger partial charge in [0.1, 0.15) is 0 Å². The molecule has 0 aromatic rings. The molecule has 0 aliphatic carbocycles. The molecule has 2 N–H and O–H groups in total. The van der Waals surface area contributed by atoms with Crippen LogP contribution in [0.4, 0.5) is 0 Å². The Bertz CT molecular complexity index is 76.0. The molecule has 0 amide bonds. The summed E-state index contributed by atoms with van der Waals surface area (Å²) in [7, 11) is 0. The van der Waals surface area contributed by atoms with Crippen LogP contribution in [-0.4, -0.2) is 18.6 Å². The highest BCUT2D eigenvalue weighted by Gasteiger charge is 2.03. The highest BCUT2D eigenvalue weighted by Crippen LogP contribution is 2.16. The van der Waals surface area contributed by atoms with Gasteiger partial charge in [-0.15, -0.1) is 0 Å². The maximum absolute atomic E-state index is 5.42. The van der Waals surface area contributed by atoms with E-state index in [0.717, 1.165) is 12.5 Å². The van der Waals surface area contributed by atoms with E-state index < -0.39 is 0 Å². The molecule has 0 heterocycles.